The first-order valence-corrected chi connectivity index (χ1v) is 11.8. The summed E-state index contributed by atoms with van der Waals surface area (Å²) in [5, 5.41) is 0.472. The van der Waals surface area contributed by atoms with Crippen LogP contribution in [0.5, 0.6) is 0 Å². The second kappa shape index (κ2) is 10.2. The summed E-state index contributed by atoms with van der Waals surface area (Å²) >= 11 is 5.89. The van der Waals surface area contributed by atoms with Crippen LogP contribution in [0, 0.1) is 5.82 Å². The van der Waals surface area contributed by atoms with E-state index in [0.29, 0.717) is 11.4 Å². The first-order valence-electron chi connectivity index (χ1n) is 9.98. The van der Waals surface area contributed by atoms with Gasteiger partial charge in [-0.2, -0.15) is 0 Å². The third-order valence-corrected chi connectivity index (χ3v) is 6.72. The maximum atomic E-state index is 13.3. The Morgan fingerprint density at radius 2 is 1.50 bits per heavy atom. The Hall–Kier alpha value is -2.21. The molecule has 1 N–H and O–H groups in total. The summed E-state index contributed by atoms with van der Waals surface area (Å²) in [6.07, 6.45) is 3.63. The SMILES string of the molecule is CCCCc1ccc(C(Cc2ccc(F)cc2)NS(=O)(=O)c2ccc(Cl)cc2)cc1. The molecule has 0 amide bonds. The van der Waals surface area contributed by atoms with E-state index in [0.717, 1.165) is 30.4 Å². The topological polar surface area (TPSA) is 46.2 Å². The van der Waals surface area contributed by atoms with Crippen molar-refractivity contribution >= 4 is 21.6 Å². The molecule has 0 fully saturated rings. The van der Waals surface area contributed by atoms with E-state index in [1.807, 2.05) is 24.3 Å². The van der Waals surface area contributed by atoms with E-state index in [4.69, 9.17) is 11.6 Å². The van der Waals surface area contributed by atoms with Gasteiger partial charge in [-0.25, -0.2) is 17.5 Å². The van der Waals surface area contributed by atoms with Crippen molar-refractivity contribution in [1.29, 1.82) is 0 Å². The highest BCUT2D eigenvalue weighted by atomic mass is 35.5. The fourth-order valence-electron chi connectivity index (χ4n) is 3.25. The van der Waals surface area contributed by atoms with Crippen LogP contribution < -0.4 is 4.72 Å². The lowest BCUT2D eigenvalue weighted by Gasteiger charge is -2.20. The lowest BCUT2D eigenvalue weighted by atomic mass is 9.98. The Morgan fingerprint density at radius 3 is 2.10 bits per heavy atom. The van der Waals surface area contributed by atoms with Gasteiger partial charge in [-0.1, -0.05) is 61.3 Å². The van der Waals surface area contributed by atoms with Gasteiger partial charge in [0.25, 0.3) is 0 Å². The molecule has 3 rings (SSSR count). The molecule has 0 aliphatic heterocycles. The predicted octanol–water partition coefficient (Wildman–Crippen LogP) is 6.08. The van der Waals surface area contributed by atoms with Crippen molar-refractivity contribution in [2.24, 2.45) is 0 Å². The van der Waals surface area contributed by atoms with Crippen LogP contribution in [0.4, 0.5) is 4.39 Å². The summed E-state index contributed by atoms with van der Waals surface area (Å²) in [7, 11) is -3.76. The summed E-state index contributed by atoms with van der Waals surface area (Å²) in [6.45, 7) is 2.15. The van der Waals surface area contributed by atoms with E-state index < -0.39 is 16.1 Å². The smallest absolute Gasteiger partial charge is 0.207 e. The summed E-state index contributed by atoms with van der Waals surface area (Å²) in [5.41, 5.74) is 2.93. The van der Waals surface area contributed by atoms with Gasteiger partial charge in [0.2, 0.25) is 10.0 Å². The van der Waals surface area contributed by atoms with Crippen LogP contribution in [0.1, 0.15) is 42.5 Å². The lowest BCUT2D eigenvalue weighted by Crippen LogP contribution is -2.30. The highest BCUT2D eigenvalue weighted by molar-refractivity contribution is 7.89. The normalized spacial score (nSPS) is 12.6. The Balaban J connectivity index is 1.88. The first kappa shape index (κ1) is 22.5. The molecule has 0 radical (unpaired) electrons. The Morgan fingerprint density at radius 1 is 0.900 bits per heavy atom. The van der Waals surface area contributed by atoms with Crippen molar-refractivity contribution in [2.45, 2.75) is 43.5 Å². The van der Waals surface area contributed by atoms with E-state index in [1.54, 1.807) is 24.3 Å². The number of sulfonamides is 1. The maximum absolute atomic E-state index is 13.3. The molecule has 0 aromatic heterocycles. The van der Waals surface area contributed by atoms with Gasteiger partial charge >= 0.3 is 0 Å². The molecule has 6 heteroatoms. The molecular formula is C24H25ClFNO2S. The fraction of sp³-hybridized carbons (Fsp3) is 0.250. The van der Waals surface area contributed by atoms with Crippen molar-refractivity contribution in [3.63, 3.8) is 0 Å². The standard InChI is InChI=1S/C24H25ClFNO2S/c1-2-3-4-18-5-9-20(10-6-18)24(17-19-7-13-22(26)14-8-19)27-30(28,29)23-15-11-21(25)12-16-23/h5-16,24,27H,2-4,17H2,1H3. The molecule has 1 unspecified atom stereocenters. The zero-order chi connectivity index (χ0) is 21.6. The van der Waals surface area contributed by atoms with E-state index >= 15 is 0 Å². The minimum atomic E-state index is -3.76. The molecule has 158 valence electrons. The zero-order valence-corrected chi connectivity index (χ0v) is 18.4. The minimum absolute atomic E-state index is 0.149. The summed E-state index contributed by atoms with van der Waals surface area (Å²) in [4.78, 5) is 0.149. The van der Waals surface area contributed by atoms with Crippen LogP contribution in [-0.2, 0) is 22.9 Å². The van der Waals surface area contributed by atoms with Crippen molar-refractivity contribution in [3.05, 3.63) is 100 Å². The van der Waals surface area contributed by atoms with E-state index in [-0.39, 0.29) is 10.7 Å². The van der Waals surface area contributed by atoms with Crippen LogP contribution in [0.3, 0.4) is 0 Å². The van der Waals surface area contributed by atoms with Gasteiger partial charge < -0.3 is 0 Å². The molecule has 3 aromatic rings. The number of hydrogen-bond acceptors (Lipinski definition) is 2. The highest BCUT2D eigenvalue weighted by Crippen LogP contribution is 2.23. The van der Waals surface area contributed by atoms with Crippen LogP contribution in [-0.4, -0.2) is 8.42 Å². The third-order valence-electron chi connectivity index (χ3n) is 4.98. The van der Waals surface area contributed by atoms with Gasteiger partial charge in [0, 0.05) is 5.02 Å². The molecule has 0 aliphatic carbocycles. The molecule has 3 nitrogen and oxygen atoms in total. The molecule has 0 bridgehead atoms. The van der Waals surface area contributed by atoms with Crippen LogP contribution in [0.15, 0.2) is 77.7 Å². The van der Waals surface area contributed by atoms with Crippen LogP contribution in [0.2, 0.25) is 5.02 Å². The number of rotatable bonds is 9. The fourth-order valence-corrected chi connectivity index (χ4v) is 4.60. The number of aryl methyl sites for hydroxylation is 1. The summed E-state index contributed by atoms with van der Waals surface area (Å²) in [6, 6.07) is 19.7. The molecule has 1 atom stereocenters. The van der Waals surface area contributed by atoms with E-state index in [1.165, 1.54) is 29.8 Å². The summed E-state index contributed by atoms with van der Waals surface area (Å²) in [5.74, 6) is -0.322. The molecule has 0 heterocycles. The molecule has 30 heavy (non-hydrogen) atoms. The molecule has 3 aromatic carbocycles. The van der Waals surface area contributed by atoms with Crippen LogP contribution >= 0.6 is 11.6 Å². The van der Waals surface area contributed by atoms with Crippen molar-refractivity contribution < 1.29 is 12.8 Å². The molecule has 0 saturated carbocycles. The Kier molecular flexibility index (Phi) is 7.64. The lowest BCUT2D eigenvalue weighted by molar-refractivity contribution is 0.554. The van der Waals surface area contributed by atoms with Gasteiger partial charge in [-0.05, 0) is 72.4 Å². The van der Waals surface area contributed by atoms with Gasteiger partial charge in [0.1, 0.15) is 5.82 Å². The molecule has 0 aliphatic rings. The van der Waals surface area contributed by atoms with Gasteiger partial charge in [-0.3, -0.25) is 0 Å². The van der Waals surface area contributed by atoms with Crippen molar-refractivity contribution in [2.75, 3.05) is 0 Å². The molecule has 0 spiro atoms. The average molecular weight is 446 g/mol. The molecular weight excluding hydrogens is 421 g/mol. The van der Waals surface area contributed by atoms with Gasteiger partial charge in [0.15, 0.2) is 0 Å². The monoisotopic (exact) mass is 445 g/mol. The van der Waals surface area contributed by atoms with E-state index in [9.17, 15) is 12.8 Å². The molecule has 0 saturated heterocycles. The quantitative estimate of drug-likeness (QED) is 0.433. The number of nitrogens with one attached hydrogen (secondary N) is 1. The third kappa shape index (κ3) is 6.14. The van der Waals surface area contributed by atoms with Crippen LogP contribution in [0.25, 0.3) is 0 Å². The maximum Gasteiger partial charge on any atom is 0.241 e. The predicted molar refractivity (Wildman–Crippen MR) is 120 cm³/mol. The second-order valence-corrected chi connectivity index (χ2v) is 9.45. The number of hydrogen-bond donors (Lipinski definition) is 1. The Bertz CT molecular complexity index is 1050. The number of unbranched alkanes of at least 4 members (excludes halogenated alkanes) is 1. The number of halogens is 2. The second-order valence-electron chi connectivity index (χ2n) is 7.30. The van der Waals surface area contributed by atoms with E-state index in [2.05, 4.69) is 11.6 Å². The van der Waals surface area contributed by atoms with Gasteiger partial charge in [-0.15, -0.1) is 0 Å². The summed E-state index contributed by atoms with van der Waals surface area (Å²) < 4.78 is 42.0. The van der Waals surface area contributed by atoms with Crippen molar-refractivity contribution in [1.82, 2.24) is 4.72 Å². The Labute approximate surface area is 183 Å². The highest BCUT2D eigenvalue weighted by Gasteiger charge is 2.22. The van der Waals surface area contributed by atoms with Gasteiger partial charge in [0.05, 0.1) is 10.9 Å². The van der Waals surface area contributed by atoms with Crippen molar-refractivity contribution in [3.8, 4) is 0 Å². The first-order chi connectivity index (χ1) is 14.4. The largest absolute Gasteiger partial charge is 0.241 e. The average Bonchev–Trinajstić information content (AvgIpc) is 2.74. The number of benzene rings is 3. The minimum Gasteiger partial charge on any atom is -0.207 e. The zero-order valence-electron chi connectivity index (χ0n) is 16.8.